The van der Waals surface area contributed by atoms with Gasteiger partial charge in [0.1, 0.15) is 5.82 Å². The number of nitrogens with one attached hydrogen (secondary N) is 2. The summed E-state index contributed by atoms with van der Waals surface area (Å²) in [7, 11) is 1.84. The fraction of sp³-hybridized carbons (Fsp3) is 0.267. The SMILES string of the molecule is Cc1nn(C)c2c1C(c1ccc(-c3nn[nH]n3)cc1)CC(=O)N2. The molecule has 0 spiro atoms. The highest BCUT2D eigenvalue weighted by atomic mass is 16.1. The molecule has 0 radical (unpaired) electrons. The Morgan fingerprint density at radius 2 is 2.04 bits per heavy atom. The van der Waals surface area contributed by atoms with Crippen LogP contribution in [0.25, 0.3) is 11.4 Å². The number of aromatic nitrogens is 6. The Kier molecular flexibility index (Phi) is 2.97. The average molecular weight is 309 g/mol. The van der Waals surface area contributed by atoms with E-state index in [0.29, 0.717) is 12.2 Å². The van der Waals surface area contributed by atoms with E-state index in [1.807, 2.05) is 38.2 Å². The molecule has 4 rings (SSSR count). The molecular weight excluding hydrogens is 294 g/mol. The molecule has 0 fully saturated rings. The molecule has 3 heterocycles. The first-order valence-corrected chi connectivity index (χ1v) is 7.30. The lowest BCUT2D eigenvalue weighted by Crippen LogP contribution is -2.24. The van der Waals surface area contributed by atoms with Crippen molar-refractivity contribution in [1.29, 1.82) is 0 Å². The largest absolute Gasteiger partial charge is 0.311 e. The van der Waals surface area contributed by atoms with E-state index in [9.17, 15) is 4.79 Å². The lowest BCUT2D eigenvalue weighted by atomic mass is 9.85. The number of fused-ring (bicyclic) bond motifs is 1. The maximum atomic E-state index is 12.0. The number of aromatic amines is 1. The van der Waals surface area contributed by atoms with Gasteiger partial charge in [0.25, 0.3) is 0 Å². The van der Waals surface area contributed by atoms with Gasteiger partial charge in [-0.2, -0.15) is 10.3 Å². The van der Waals surface area contributed by atoms with Crippen molar-refractivity contribution in [1.82, 2.24) is 30.4 Å². The van der Waals surface area contributed by atoms with Crippen LogP contribution in [0.15, 0.2) is 24.3 Å². The summed E-state index contributed by atoms with van der Waals surface area (Å²) in [5.41, 5.74) is 3.98. The molecule has 8 heteroatoms. The van der Waals surface area contributed by atoms with Gasteiger partial charge in [0.15, 0.2) is 0 Å². The van der Waals surface area contributed by atoms with Gasteiger partial charge in [0, 0.05) is 30.5 Å². The number of benzene rings is 1. The second-order valence-electron chi connectivity index (χ2n) is 5.63. The molecule has 1 atom stereocenters. The fourth-order valence-corrected chi connectivity index (χ4v) is 3.14. The lowest BCUT2D eigenvalue weighted by Gasteiger charge is -2.24. The third-order valence-corrected chi connectivity index (χ3v) is 4.18. The van der Waals surface area contributed by atoms with Crippen LogP contribution in [0, 0.1) is 6.92 Å². The van der Waals surface area contributed by atoms with Crippen molar-refractivity contribution in [3.05, 3.63) is 41.1 Å². The monoisotopic (exact) mass is 309 g/mol. The minimum absolute atomic E-state index is 0.00627. The van der Waals surface area contributed by atoms with Crippen LogP contribution in [0.1, 0.15) is 29.2 Å². The highest BCUT2D eigenvalue weighted by Gasteiger charge is 2.31. The molecule has 0 saturated heterocycles. The number of anilines is 1. The number of carbonyl (C=O) groups excluding carboxylic acids is 1. The Labute approximate surface area is 131 Å². The maximum Gasteiger partial charge on any atom is 0.226 e. The smallest absolute Gasteiger partial charge is 0.226 e. The molecule has 2 N–H and O–H groups in total. The van der Waals surface area contributed by atoms with E-state index in [2.05, 4.69) is 31.0 Å². The zero-order valence-corrected chi connectivity index (χ0v) is 12.7. The molecule has 23 heavy (non-hydrogen) atoms. The molecule has 0 aliphatic carbocycles. The van der Waals surface area contributed by atoms with Gasteiger partial charge >= 0.3 is 0 Å². The van der Waals surface area contributed by atoms with E-state index in [-0.39, 0.29) is 11.8 Å². The topological polar surface area (TPSA) is 101 Å². The van der Waals surface area contributed by atoms with Crippen LogP contribution in [0.4, 0.5) is 5.82 Å². The molecule has 1 aliphatic heterocycles. The van der Waals surface area contributed by atoms with Gasteiger partial charge in [0.2, 0.25) is 11.7 Å². The summed E-state index contributed by atoms with van der Waals surface area (Å²) in [6.07, 6.45) is 0.418. The number of nitrogens with zero attached hydrogens (tertiary/aromatic N) is 5. The average Bonchev–Trinajstić information content (AvgIpc) is 3.16. The molecule has 1 aromatic carbocycles. The Bertz CT molecular complexity index is 864. The molecule has 3 aromatic rings. The summed E-state index contributed by atoms with van der Waals surface area (Å²) < 4.78 is 1.72. The second kappa shape index (κ2) is 5.01. The summed E-state index contributed by atoms with van der Waals surface area (Å²) in [5.74, 6) is 1.35. The summed E-state index contributed by atoms with van der Waals surface area (Å²) in [6, 6.07) is 7.90. The van der Waals surface area contributed by atoms with E-state index in [0.717, 1.165) is 28.2 Å². The number of tetrazole rings is 1. The fourth-order valence-electron chi connectivity index (χ4n) is 3.14. The summed E-state index contributed by atoms with van der Waals surface area (Å²) in [6.45, 7) is 1.97. The van der Waals surface area contributed by atoms with E-state index in [4.69, 9.17) is 0 Å². The van der Waals surface area contributed by atoms with Gasteiger partial charge in [0.05, 0.1) is 5.69 Å². The summed E-state index contributed by atoms with van der Waals surface area (Å²) in [5, 5.41) is 21.3. The van der Waals surface area contributed by atoms with Crippen LogP contribution in [0.3, 0.4) is 0 Å². The molecule has 0 bridgehead atoms. The molecule has 116 valence electrons. The van der Waals surface area contributed by atoms with E-state index in [1.165, 1.54) is 0 Å². The van der Waals surface area contributed by atoms with Crippen molar-refractivity contribution in [2.24, 2.45) is 7.05 Å². The molecule has 0 saturated carbocycles. The number of hydrogen-bond donors (Lipinski definition) is 2. The third kappa shape index (κ3) is 2.19. The van der Waals surface area contributed by atoms with Gasteiger partial charge in [-0.25, -0.2) is 0 Å². The first-order valence-electron chi connectivity index (χ1n) is 7.30. The lowest BCUT2D eigenvalue weighted by molar-refractivity contribution is -0.116. The standard InChI is InChI=1S/C15H15N7O/c1-8-13-11(7-12(23)16-15(13)22(2)19-8)9-3-5-10(6-4-9)14-17-20-21-18-14/h3-6,11H,7H2,1-2H3,(H,16,23)(H,17,18,20,21). The van der Waals surface area contributed by atoms with E-state index >= 15 is 0 Å². The van der Waals surface area contributed by atoms with Crippen molar-refractivity contribution in [3.8, 4) is 11.4 Å². The quantitative estimate of drug-likeness (QED) is 0.744. The van der Waals surface area contributed by atoms with Crippen LogP contribution in [0.5, 0.6) is 0 Å². The number of rotatable bonds is 2. The zero-order valence-electron chi connectivity index (χ0n) is 12.7. The third-order valence-electron chi connectivity index (χ3n) is 4.18. The molecule has 2 aromatic heterocycles. The van der Waals surface area contributed by atoms with Gasteiger partial charge < -0.3 is 5.32 Å². The van der Waals surface area contributed by atoms with Crippen LogP contribution in [-0.4, -0.2) is 36.3 Å². The Hall–Kier alpha value is -3.03. The minimum Gasteiger partial charge on any atom is -0.311 e. The number of carbonyl (C=O) groups is 1. The molecule has 1 amide bonds. The number of amides is 1. The van der Waals surface area contributed by atoms with Crippen LogP contribution in [-0.2, 0) is 11.8 Å². The van der Waals surface area contributed by atoms with Gasteiger partial charge in [-0.15, -0.1) is 10.2 Å². The Balaban J connectivity index is 1.75. The number of H-pyrrole nitrogens is 1. The summed E-state index contributed by atoms with van der Waals surface area (Å²) in [4.78, 5) is 12.0. The van der Waals surface area contributed by atoms with Gasteiger partial charge in [-0.3, -0.25) is 9.48 Å². The van der Waals surface area contributed by atoms with Crippen LogP contribution < -0.4 is 5.32 Å². The Morgan fingerprint density at radius 1 is 1.26 bits per heavy atom. The highest BCUT2D eigenvalue weighted by Crippen LogP contribution is 2.39. The van der Waals surface area contributed by atoms with Gasteiger partial charge in [-0.05, 0) is 17.7 Å². The molecule has 1 aliphatic rings. The van der Waals surface area contributed by atoms with E-state index < -0.39 is 0 Å². The zero-order chi connectivity index (χ0) is 16.0. The first-order chi connectivity index (χ1) is 11.1. The maximum absolute atomic E-state index is 12.0. The minimum atomic E-state index is 0.00627. The Morgan fingerprint density at radius 3 is 2.74 bits per heavy atom. The van der Waals surface area contributed by atoms with Crippen LogP contribution >= 0.6 is 0 Å². The van der Waals surface area contributed by atoms with E-state index in [1.54, 1.807) is 4.68 Å². The first kappa shape index (κ1) is 13.6. The molecule has 1 unspecified atom stereocenters. The van der Waals surface area contributed by atoms with Crippen LogP contribution in [0.2, 0.25) is 0 Å². The van der Waals surface area contributed by atoms with Crippen molar-refractivity contribution in [3.63, 3.8) is 0 Å². The number of aryl methyl sites for hydroxylation is 2. The van der Waals surface area contributed by atoms with Crippen molar-refractivity contribution in [2.75, 3.05) is 5.32 Å². The van der Waals surface area contributed by atoms with Crippen molar-refractivity contribution < 1.29 is 4.79 Å². The predicted octanol–water partition coefficient (Wildman–Crippen LogP) is 1.38. The summed E-state index contributed by atoms with van der Waals surface area (Å²) >= 11 is 0. The van der Waals surface area contributed by atoms with Gasteiger partial charge in [-0.1, -0.05) is 24.3 Å². The number of hydrogen-bond acceptors (Lipinski definition) is 5. The predicted molar refractivity (Wildman–Crippen MR) is 82.6 cm³/mol. The molecule has 8 nitrogen and oxygen atoms in total. The highest BCUT2D eigenvalue weighted by molar-refractivity contribution is 5.94. The second-order valence-corrected chi connectivity index (χ2v) is 5.63. The van der Waals surface area contributed by atoms with Crippen molar-refractivity contribution in [2.45, 2.75) is 19.3 Å². The molecular formula is C15H15N7O. The normalized spacial score (nSPS) is 17.0. The van der Waals surface area contributed by atoms with Crippen molar-refractivity contribution >= 4 is 11.7 Å².